The number of carbonyl (C=O) groups excluding carboxylic acids is 1. The molecule has 0 radical (unpaired) electrons. The van der Waals surface area contributed by atoms with Crippen LogP contribution in [0.15, 0.2) is 22.7 Å². The Kier molecular flexibility index (Phi) is 5.17. The van der Waals surface area contributed by atoms with Gasteiger partial charge in [-0.2, -0.15) is 11.8 Å². The predicted octanol–water partition coefficient (Wildman–Crippen LogP) is 3.54. The largest absolute Gasteiger partial charge is 0.352 e. The Morgan fingerprint density at radius 2 is 2.41 bits per heavy atom. The van der Waals surface area contributed by atoms with Gasteiger partial charge in [-0.25, -0.2) is 0 Å². The number of carbonyl (C=O) groups is 1. The lowest BCUT2D eigenvalue weighted by atomic mass is 10.1. The van der Waals surface area contributed by atoms with Crippen molar-refractivity contribution in [3.8, 4) is 0 Å². The lowest BCUT2D eigenvalue weighted by molar-refractivity contribution is 0.0947. The van der Waals surface area contributed by atoms with Crippen molar-refractivity contribution in [3.63, 3.8) is 0 Å². The van der Waals surface area contributed by atoms with Crippen LogP contribution in [0.2, 0.25) is 0 Å². The van der Waals surface area contributed by atoms with Gasteiger partial charge < -0.3 is 5.32 Å². The van der Waals surface area contributed by atoms with Crippen LogP contribution in [0, 0.1) is 9.49 Å². The molecule has 0 spiro atoms. The zero-order valence-electron chi connectivity index (χ0n) is 9.21. The molecule has 1 N–H and O–H groups in total. The van der Waals surface area contributed by atoms with Crippen molar-refractivity contribution in [1.82, 2.24) is 5.32 Å². The summed E-state index contributed by atoms with van der Waals surface area (Å²) in [6.07, 6.45) is 1.22. The highest BCUT2D eigenvalue weighted by Crippen LogP contribution is 2.23. The summed E-state index contributed by atoms with van der Waals surface area (Å²) < 4.78 is 1.93. The highest BCUT2D eigenvalue weighted by Gasteiger charge is 2.17. The Labute approximate surface area is 128 Å². The summed E-state index contributed by atoms with van der Waals surface area (Å²) in [6, 6.07) is 5.81. The zero-order valence-corrected chi connectivity index (χ0v) is 13.8. The maximum Gasteiger partial charge on any atom is 0.252 e. The molecule has 17 heavy (non-hydrogen) atoms. The standard InChI is InChI=1S/C12H13BrINOS/c13-11-2-1-9(14)5-10(11)12(16)15-6-8-3-4-17-7-8/h1-2,5,8H,3-4,6-7H2,(H,15,16). The molecule has 1 fully saturated rings. The molecule has 1 aromatic carbocycles. The Morgan fingerprint density at radius 1 is 1.59 bits per heavy atom. The molecular weight excluding hydrogens is 413 g/mol. The van der Waals surface area contributed by atoms with E-state index in [9.17, 15) is 4.79 Å². The highest BCUT2D eigenvalue weighted by atomic mass is 127. The number of amides is 1. The topological polar surface area (TPSA) is 29.1 Å². The molecule has 0 bridgehead atoms. The lowest BCUT2D eigenvalue weighted by Gasteiger charge is -2.11. The van der Waals surface area contributed by atoms with Gasteiger partial charge in [0.1, 0.15) is 0 Å². The average molecular weight is 426 g/mol. The molecule has 1 saturated heterocycles. The summed E-state index contributed by atoms with van der Waals surface area (Å²) in [5, 5.41) is 3.02. The van der Waals surface area contributed by atoms with E-state index in [0.29, 0.717) is 5.92 Å². The average Bonchev–Trinajstić information content (AvgIpc) is 2.82. The minimum atomic E-state index is 0.0206. The SMILES string of the molecule is O=C(NCC1CCSC1)c1cc(I)ccc1Br. The van der Waals surface area contributed by atoms with Crippen molar-refractivity contribution in [1.29, 1.82) is 0 Å². The van der Waals surface area contributed by atoms with Crippen molar-refractivity contribution in [2.24, 2.45) is 5.92 Å². The molecule has 1 amide bonds. The minimum absolute atomic E-state index is 0.0206. The van der Waals surface area contributed by atoms with Gasteiger partial charge in [0.2, 0.25) is 0 Å². The van der Waals surface area contributed by atoms with Gasteiger partial charge in [-0.1, -0.05) is 0 Å². The second-order valence-electron chi connectivity index (χ2n) is 4.06. The minimum Gasteiger partial charge on any atom is -0.352 e. The van der Waals surface area contributed by atoms with Crippen LogP contribution in [0.25, 0.3) is 0 Å². The monoisotopic (exact) mass is 425 g/mol. The summed E-state index contributed by atoms with van der Waals surface area (Å²) in [7, 11) is 0. The molecule has 0 aromatic heterocycles. The van der Waals surface area contributed by atoms with Crippen LogP contribution in [-0.4, -0.2) is 24.0 Å². The molecule has 1 atom stereocenters. The molecule has 0 saturated carbocycles. The Balaban J connectivity index is 1.96. The third-order valence-corrected chi connectivity index (χ3v) is 5.34. The molecule has 5 heteroatoms. The van der Waals surface area contributed by atoms with Gasteiger partial charge in [0, 0.05) is 14.6 Å². The van der Waals surface area contributed by atoms with Gasteiger partial charge in [0.25, 0.3) is 5.91 Å². The maximum absolute atomic E-state index is 12.0. The Hall–Kier alpha value is 0.250. The van der Waals surface area contributed by atoms with Crippen molar-refractivity contribution in [3.05, 3.63) is 31.8 Å². The number of hydrogen-bond donors (Lipinski definition) is 1. The zero-order chi connectivity index (χ0) is 12.3. The van der Waals surface area contributed by atoms with E-state index in [1.165, 1.54) is 17.9 Å². The number of halogens is 2. The van der Waals surface area contributed by atoms with E-state index in [0.717, 1.165) is 20.2 Å². The first-order valence-corrected chi connectivity index (χ1v) is 8.50. The number of hydrogen-bond acceptors (Lipinski definition) is 2. The van der Waals surface area contributed by atoms with Crippen molar-refractivity contribution >= 4 is 56.2 Å². The van der Waals surface area contributed by atoms with Crippen LogP contribution in [0.1, 0.15) is 16.8 Å². The van der Waals surface area contributed by atoms with E-state index in [1.807, 2.05) is 30.0 Å². The van der Waals surface area contributed by atoms with Crippen LogP contribution in [-0.2, 0) is 0 Å². The fourth-order valence-corrected chi connectivity index (χ4v) is 3.95. The molecule has 2 nitrogen and oxygen atoms in total. The van der Waals surface area contributed by atoms with E-state index < -0.39 is 0 Å². The van der Waals surface area contributed by atoms with E-state index in [2.05, 4.69) is 43.8 Å². The first kappa shape index (κ1) is 13.7. The number of rotatable bonds is 3. The molecule has 1 aromatic rings. The van der Waals surface area contributed by atoms with Gasteiger partial charge in [0.15, 0.2) is 0 Å². The third kappa shape index (κ3) is 3.86. The first-order valence-electron chi connectivity index (χ1n) is 5.48. The van der Waals surface area contributed by atoms with Crippen molar-refractivity contribution in [2.75, 3.05) is 18.1 Å². The number of thioether (sulfide) groups is 1. The van der Waals surface area contributed by atoms with Crippen LogP contribution in [0.5, 0.6) is 0 Å². The van der Waals surface area contributed by atoms with Gasteiger partial charge in [-0.3, -0.25) is 4.79 Å². The van der Waals surface area contributed by atoms with Gasteiger partial charge >= 0.3 is 0 Å². The van der Waals surface area contributed by atoms with Gasteiger partial charge in [0.05, 0.1) is 5.56 Å². The van der Waals surface area contributed by atoms with Crippen molar-refractivity contribution < 1.29 is 4.79 Å². The van der Waals surface area contributed by atoms with E-state index in [1.54, 1.807) is 0 Å². The summed E-state index contributed by atoms with van der Waals surface area (Å²) in [5.74, 6) is 3.07. The summed E-state index contributed by atoms with van der Waals surface area (Å²) in [4.78, 5) is 12.0. The number of benzene rings is 1. The predicted molar refractivity (Wildman–Crippen MR) is 84.6 cm³/mol. The maximum atomic E-state index is 12.0. The second-order valence-corrected chi connectivity index (χ2v) is 7.31. The van der Waals surface area contributed by atoms with Crippen LogP contribution >= 0.6 is 50.3 Å². The van der Waals surface area contributed by atoms with Crippen molar-refractivity contribution in [2.45, 2.75) is 6.42 Å². The summed E-state index contributed by atoms with van der Waals surface area (Å²) in [5.41, 5.74) is 0.725. The van der Waals surface area contributed by atoms with Crippen LogP contribution < -0.4 is 5.32 Å². The van der Waals surface area contributed by atoms with Crippen LogP contribution in [0.3, 0.4) is 0 Å². The molecule has 92 valence electrons. The highest BCUT2D eigenvalue weighted by molar-refractivity contribution is 14.1. The smallest absolute Gasteiger partial charge is 0.252 e. The molecule has 1 unspecified atom stereocenters. The Morgan fingerprint density at radius 3 is 3.12 bits per heavy atom. The first-order chi connectivity index (χ1) is 8.16. The fourth-order valence-electron chi connectivity index (χ4n) is 1.75. The Bertz CT molecular complexity index is 421. The van der Waals surface area contributed by atoms with E-state index in [-0.39, 0.29) is 5.91 Å². The van der Waals surface area contributed by atoms with E-state index >= 15 is 0 Å². The fraction of sp³-hybridized carbons (Fsp3) is 0.417. The number of nitrogens with one attached hydrogen (secondary N) is 1. The summed E-state index contributed by atoms with van der Waals surface area (Å²) in [6.45, 7) is 0.795. The molecule has 1 heterocycles. The summed E-state index contributed by atoms with van der Waals surface area (Å²) >= 11 is 7.61. The molecular formula is C12H13BrINOS. The lowest BCUT2D eigenvalue weighted by Crippen LogP contribution is -2.29. The molecule has 2 rings (SSSR count). The normalized spacial score (nSPS) is 19.3. The third-order valence-electron chi connectivity index (χ3n) is 2.75. The van der Waals surface area contributed by atoms with Crippen LogP contribution in [0.4, 0.5) is 0 Å². The van der Waals surface area contributed by atoms with Gasteiger partial charge in [-0.15, -0.1) is 0 Å². The molecule has 0 aliphatic carbocycles. The quantitative estimate of drug-likeness (QED) is 0.750. The molecule has 1 aliphatic heterocycles. The second kappa shape index (κ2) is 6.43. The molecule has 1 aliphatic rings. The van der Waals surface area contributed by atoms with E-state index in [4.69, 9.17) is 0 Å². The van der Waals surface area contributed by atoms with Gasteiger partial charge in [-0.05, 0) is 80.6 Å².